The SMILES string of the molecule is CCCc1ccc(C=C(CN)B2OC(C)(C)C(C)(C)O2)cc1. The molecule has 0 aliphatic carbocycles. The van der Waals surface area contributed by atoms with Crippen molar-refractivity contribution in [1.82, 2.24) is 0 Å². The van der Waals surface area contributed by atoms with E-state index in [1.807, 2.05) is 0 Å². The molecule has 0 radical (unpaired) electrons. The second-order valence-corrected chi connectivity index (χ2v) is 7.00. The number of hydrogen-bond donors (Lipinski definition) is 1. The van der Waals surface area contributed by atoms with Gasteiger partial charge >= 0.3 is 7.12 Å². The average Bonchev–Trinajstić information content (AvgIpc) is 2.67. The van der Waals surface area contributed by atoms with E-state index in [2.05, 4.69) is 65.0 Å². The van der Waals surface area contributed by atoms with Crippen molar-refractivity contribution in [3.63, 3.8) is 0 Å². The zero-order valence-corrected chi connectivity index (χ0v) is 14.5. The predicted molar refractivity (Wildman–Crippen MR) is 93.6 cm³/mol. The van der Waals surface area contributed by atoms with Crippen molar-refractivity contribution < 1.29 is 9.31 Å². The first-order valence-corrected chi connectivity index (χ1v) is 8.14. The van der Waals surface area contributed by atoms with Gasteiger partial charge in [0.25, 0.3) is 0 Å². The lowest BCUT2D eigenvalue weighted by Gasteiger charge is -2.32. The van der Waals surface area contributed by atoms with Gasteiger partial charge in [-0.3, -0.25) is 0 Å². The molecular weight excluding hydrogens is 273 g/mol. The second-order valence-electron chi connectivity index (χ2n) is 7.00. The summed E-state index contributed by atoms with van der Waals surface area (Å²) < 4.78 is 12.2. The first kappa shape index (κ1) is 17.3. The van der Waals surface area contributed by atoms with Gasteiger partial charge in [-0.25, -0.2) is 0 Å². The van der Waals surface area contributed by atoms with E-state index in [-0.39, 0.29) is 18.3 Å². The Morgan fingerprint density at radius 3 is 2.09 bits per heavy atom. The molecule has 2 N–H and O–H groups in total. The van der Waals surface area contributed by atoms with Gasteiger partial charge in [0.2, 0.25) is 0 Å². The van der Waals surface area contributed by atoms with Gasteiger partial charge in [-0.2, -0.15) is 0 Å². The van der Waals surface area contributed by atoms with Crippen LogP contribution in [0.1, 0.15) is 52.2 Å². The molecule has 1 aliphatic heterocycles. The summed E-state index contributed by atoms with van der Waals surface area (Å²) in [6.07, 6.45) is 4.36. The van der Waals surface area contributed by atoms with Crippen LogP contribution >= 0.6 is 0 Å². The molecule has 120 valence electrons. The van der Waals surface area contributed by atoms with E-state index < -0.39 is 0 Å². The maximum Gasteiger partial charge on any atom is 0.491 e. The Kier molecular flexibility index (Phi) is 5.16. The average molecular weight is 301 g/mol. The van der Waals surface area contributed by atoms with Crippen molar-refractivity contribution in [1.29, 1.82) is 0 Å². The van der Waals surface area contributed by atoms with Gasteiger partial charge in [-0.1, -0.05) is 43.7 Å². The van der Waals surface area contributed by atoms with Gasteiger partial charge in [0.15, 0.2) is 0 Å². The molecular formula is C18H28BNO2. The lowest BCUT2D eigenvalue weighted by molar-refractivity contribution is 0.00578. The molecule has 3 nitrogen and oxygen atoms in total. The Morgan fingerprint density at radius 1 is 1.09 bits per heavy atom. The van der Waals surface area contributed by atoms with Gasteiger partial charge in [-0.15, -0.1) is 0 Å². The molecule has 1 aromatic carbocycles. The Balaban J connectivity index is 2.18. The zero-order valence-electron chi connectivity index (χ0n) is 14.5. The van der Waals surface area contributed by atoms with E-state index in [0.29, 0.717) is 6.54 Å². The number of hydrogen-bond acceptors (Lipinski definition) is 3. The van der Waals surface area contributed by atoms with E-state index in [1.54, 1.807) is 0 Å². The van der Waals surface area contributed by atoms with Crippen molar-refractivity contribution in [2.24, 2.45) is 5.73 Å². The highest BCUT2D eigenvalue weighted by atomic mass is 16.7. The molecule has 0 amide bonds. The Labute approximate surface area is 135 Å². The Hall–Kier alpha value is -1.10. The van der Waals surface area contributed by atoms with E-state index >= 15 is 0 Å². The summed E-state index contributed by atoms with van der Waals surface area (Å²) in [7, 11) is -0.370. The fraction of sp³-hybridized carbons (Fsp3) is 0.556. The van der Waals surface area contributed by atoms with Crippen LogP contribution in [0.3, 0.4) is 0 Å². The molecule has 1 saturated heterocycles. The molecule has 2 rings (SSSR count). The van der Waals surface area contributed by atoms with Crippen molar-refractivity contribution in [3.05, 3.63) is 40.9 Å². The van der Waals surface area contributed by atoms with Crippen LogP contribution in [-0.2, 0) is 15.7 Å². The molecule has 0 aromatic heterocycles. The summed E-state index contributed by atoms with van der Waals surface area (Å²) >= 11 is 0. The predicted octanol–water partition coefficient (Wildman–Crippen LogP) is 3.61. The fourth-order valence-electron chi connectivity index (χ4n) is 2.50. The highest BCUT2D eigenvalue weighted by Gasteiger charge is 2.52. The van der Waals surface area contributed by atoms with E-state index in [4.69, 9.17) is 15.0 Å². The van der Waals surface area contributed by atoms with Crippen LogP contribution in [-0.4, -0.2) is 24.9 Å². The molecule has 22 heavy (non-hydrogen) atoms. The van der Waals surface area contributed by atoms with Crippen LogP contribution in [0.4, 0.5) is 0 Å². The summed E-state index contributed by atoms with van der Waals surface area (Å²) in [5, 5.41) is 0. The summed E-state index contributed by atoms with van der Waals surface area (Å²) in [5.74, 6) is 0. The molecule has 4 heteroatoms. The maximum atomic E-state index is 6.08. The van der Waals surface area contributed by atoms with Crippen molar-refractivity contribution in [3.8, 4) is 0 Å². The first-order chi connectivity index (χ1) is 10.3. The highest BCUT2D eigenvalue weighted by molar-refractivity contribution is 6.55. The number of aryl methyl sites for hydroxylation is 1. The van der Waals surface area contributed by atoms with Crippen molar-refractivity contribution in [2.45, 2.75) is 58.7 Å². The topological polar surface area (TPSA) is 44.5 Å². The first-order valence-electron chi connectivity index (χ1n) is 8.14. The summed E-state index contributed by atoms with van der Waals surface area (Å²) in [6, 6.07) is 8.61. The second kappa shape index (κ2) is 6.57. The molecule has 1 aromatic rings. The van der Waals surface area contributed by atoms with Crippen LogP contribution in [0.25, 0.3) is 6.08 Å². The minimum absolute atomic E-state index is 0.336. The van der Waals surface area contributed by atoms with Crippen LogP contribution in [0.5, 0.6) is 0 Å². The quantitative estimate of drug-likeness (QED) is 0.845. The number of benzene rings is 1. The minimum Gasteiger partial charge on any atom is -0.400 e. The van der Waals surface area contributed by atoms with Crippen molar-refractivity contribution >= 4 is 13.2 Å². The Bertz CT molecular complexity index is 519. The standard InChI is InChI=1S/C18H28BNO2/c1-6-7-14-8-10-15(11-9-14)12-16(13-20)19-21-17(2,3)18(4,5)22-19/h8-12H,6-7,13,20H2,1-5H3. The van der Waals surface area contributed by atoms with Crippen LogP contribution in [0, 0.1) is 0 Å². The van der Waals surface area contributed by atoms with Gasteiger partial charge in [0.05, 0.1) is 11.2 Å². The van der Waals surface area contributed by atoms with Gasteiger partial charge in [0.1, 0.15) is 0 Å². The minimum atomic E-state index is -0.370. The zero-order chi connectivity index (χ0) is 16.4. The Morgan fingerprint density at radius 2 is 1.64 bits per heavy atom. The van der Waals surface area contributed by atoms with Gasteiger partial charge in [0, 0.05) is 6.54 Å². The third-order valence-electron chi connectivity index (χ3n) is 4.66. The third kappa shape index (κ3) is 3.62. The maximum absolute atomic E-state index is 6.08. The van der Waals surface area contributed by atoms with Crippen molar-refractivity contribution in [2.75, 3.05) is 6.54 Å². The molecule has 1 fully saturated rings. The fourth-order valence-corrected chi connectivity index (χ4v) is 2.50. The molecule has 1 heterocycles. The monoisotopic (exact) mass is 301 g/mol. The molecule has 0 spiro atoms. The lowest BCUT2D eigenvalue weighted by Crippen LogP contribution is -2.41. The lowest BCUT2D eigenvalue weighted by atomic mass is 9.77. The molecule has 0 unspecified atom stereocenters. The van der Waals surface area contributed by atoms with E-state index in [0.717, 1.165) is 23.9 Å². The smallest absolute Gasteiger partial charge is 0.400 e. The molecule has 1 aliphatic rings. The highest BCUT2D eigenvalue weighted by Crippen LogP contribution is 2.38. The van der Waals surface area contributed by atoms with Gasteiger partial charge in [-0.05, 0) is 50.7 Å². The van der Waals surface area contributed by atoms with Crippen LogP contribution < -0.4 is 5.73 Å². The normalized spacial score (nSPS) is 20.5. The van der Waals surface area contributed by atoms with E-state index in [9.17, 15) is 0 Å². The third-order valence-corrected chi connectivity index (χ3v) is 4.66. The van der Waals surface area contributed by atoms with Crippen LogP contribution in [0.2, 0.25) is 0 Å². The largest absolute Gasteiger partial charge is 0.491 e. The molecule has 0 atom stereocenters. The summed E-state index contributed by atoms with van der Waals surface area (Å²) in [5.41, 5.74) is 8.73. The summed E-state index contributed by atoms with van der Waals surface area (Å²) in [4.78, 5) is 0. The molecule has 0 bridgehead atoms. The van der Waals surface area contributed by atoms with Crippen LogP contribution in [0.15, 0.2) is 29.7 Å². The number of nitrogens with two attached hydrogens (primary N) is 1. The number of rotatable bonds is 5. The van der Waals surface area contributed by atoms with Gasteiger partial charge < -0.3 is 15.0 Å². The van der Waals surface area contributed by atoms with E-state index in [1.165, 1.54) is 5.56 Å². The summed E-state index contributed by atoms with van der Waals surface area (Å²) in [6.45, 7) is 10.8. The molecule has 0 saturated carbocycles.